The number of nitrogens with one attached hydrogen (secondary N) is 2. The standard InChI is InChI=1S/C19H14F2N4O2S/c1-9(17-24-10(7-22)8-28-17)23-18(27)19(4-5-19)12-6-11-14(25-16(12)26)3-2-13(20)15(11)21/h2-3,6,8-9H,4-5H2,1H3,(H,23,27)(H,25,26)/t9-/m1/s1. The van der Waals surface area contributed by atoms with Gasteiger partial charge in [0.2, 0.25) is 5.91 Å². The van der Waals surface area contributed by atoms with E-state index in [0.29, 0.717) is 17.8 Å². The number of aromatic nitrogens is 2. The average Bonchev–Trinajstić information content (AvgIpc) is 3.34. The van der Waals surface area contributed by atoms with Gasteiger partial charge in [0.1, 0.15) is 11.1 Å². The zero-order chi connectivity index (χ0) is 20.1. The Morgan fingerprint density at radius 2 is 2.18 bits per heavy atom. The predicted octanol–water partition coefficient (Wildman–Crippen LogP) is 3.04. The molecule has 2 N–H and O–H groups in total. The summed E-state index contributed by atoms with van der Waals surface area (Å²) < 4.78 is 27.7. The van der Waals surface area contributed by atoms with Crippen LogP contribution in [0, 0.1) is 23.0 Å². The van der Waals surface area contributed by atoms with Crippen LogP contribution >= 0.6 is 11.3 Å². The molecule has 1 fully saturated rings. The van der Waals surface area contributed by atoms with Crippen molar-refractivity contribution in [2.75, 3.05) is 0 Å². The van der Waals surface area contributed by atoms with Gasteiger partial charge in [0.15, 0.2) is 17.3 Å². The second-order valence-corrected chi connectivity index (χ2v) is 7.68. The number of pyridine rings is 1. The van der Waals surface area contributed by atoms with Crippen molar-refractivity contribution < 1.29 is 13.6 Å². The van der Waals surface area contributed by atoms with Crippen molar-refractivity contribution in [3.8, 4) is 6.07 Å². The van der Waals surface area contributed by atoms with Crippen molar-refractivity contribution in [1.82, 2.24) is 15.3 Å². The first-order valence-electron chi connectivity index (χ1n) is 8.54. The Morgan fingerprint density at radius 1 is 1.43 bits per heavy atom. The molecule has 28 heavy (non-hydrogen) atoms. The maximum Gasteiger partial charge on any atom is 0.252 e. The van der Waals surface area contributed by atoms with Crippen molar-refractivity contribution in [2.45, 2.75) is 31.2 Å². The van der Waals surface area contributed by atoms with E-state index < -0.39 is 28.7 Å². The summed E-state index contributed by atoms with van der Waals surface area (Å²) in [5, 5.41) is 13.8. The molecule has 0 saturated heterocycles. The molecule has 4 rings (SSSR count). The van der Waals surface area contributed by atoms with Gasteiger partial charge in [-0.05, 0) is 38.0 Å². The summed E-state index contributed by atoms with van der Waals surface area (Å²) in [7, 11) is 0. The van der Waals surface area contributed by atoms with Crippen LogP contribution < -0.4 is 10.9 Å². The lowest BCUT2D eigenvalue weighted by atomic mass is 9.94. The normalized spacial score (nSPS) is 15.8. The maximum absolute atomic E-state index is 14.2. The molecule has 9 heteroatoms. The number of rotatable bonds is 4. The zero-order valence-electron chi connectivity index (χ0n) is 14.7. The highest BCUT2D eigenvalue weighted by molar-refractivity contribution is 7.09. The molecule has 6 nitrogen and oxygen atoms in total. The van der Waals surface area contributed by atoms with Crippen LogP contribution in [-0.2, 0) is 10.2 Å². The van der Waals surface area contributed by atoms with Crippen LogP contribution in [0.3, 0.4) is 0 Å². The second-order valence-electron chi connectivity index (χ2n) is 6.79. The molecule has 1 atom stereocenters. The van der Waals surface area contributed by atoms with Crippen LogP contribution in [0.15, 0.2) is 28.4 Å². The molecular weight excluding hydrogens is 386 g/mol. The molecule has 0 unspecified atom stereocenters. The van der Waals surface area contributed by atoms with E-state index >= 15 is 0 Å². The molecule has 1 aliphatic carbocycles. The van der Waals surface area contributed by atoms with Gasteiger partial charge < -0.3 is 10.3 Å². The fourth-order valence-corrected chi connectivity index (χ4v) is 4.00. The highest BCUT2D eigenvalue weighted by atomic mass is 32.1. The molecule has 142 valence electrons. The van der Waals surface area contributed by atoms with E-state index in [4.69, 9.17) is 5.26 Å². The van der Waals surface area contributed by atoms with Crippen molar-refractivity contribution in [3.05, 3.63) is 61.8 Å². The molecule has 1 amide bonds. The molecule has 0 spiro atoms. The van der Waals surface area contributed by atoms with E-state index in [1.807, 2.05) is 6.07 Å². The number of thiazole rings is 1. The van der Waals surface area contributed by atoms with E-state index in [2.05, 4.69) is 15.3 Å². The molecule has 1 saturated carbocycles. The summed E-state index contributed by atoms with van der Waals surface area (Å²) in [6, 6.07) is 4.98. The lowest BCUT2D eigenvalue weighted by Crippen LogP contribution is -2.39. The number of carbonyl (C=O) groups excluding carboxylic acids is 1. The highest BCUT2D eigenvalue weighted by Crippen LogP contribution is 2.48. The van der Waals surface area contributed by atoms with Gasteiger partial charge in [-0.3, -0.25) is 9.59 Å². The zero-order valence-corrected chi connectivity index (χ0v) is 15.5. The Bertz CT molecular complexity index is 1210. The number of H-pyrrole nitrogens is 1. The number of carbonyl (C=O) groups is 1. The molecule has 0 aliphatic heterocycles. The van der Waals surface area contributed by atoms with Gasteiger partial charge in [-0.1, -0.05) is 0 Å². The summed E-state index contributed by atoms with van der Waals surface area (Å²) in [4.78, 5) is 32.1. The van der Waals surface area contributed by atoms with Gasteiger partial charge >= 0.3 is 0 Å². The summed E-state index contributed by atoms with van der Waals surface area (Å²) in [5.41, 5.74) is -1.02. The van der Waals surface area contributed by atoms with Crippen molar-refractivity contribution in [3.63, 3.8) is 0 Å². The Balaban J connectivity index is 1.67. The third-order valence-corrected chi connectivity index (χ3v) is 6.00. The first kappa shape index (κ1) is 18.3. The van der Waals surface area contributed by atoms with E-state index in [1.54, 1.807) is 12.3 Å². The number of aromatic amines is 1. The Labute approximate surface area is 161 Å². The molecule has 1 aliphatic rings. The Morgan fingerprint density at radius 3 is 2.82 bits per heavy atom. The third-order valence-electron chi connectivity index (χ3n) is 4.97. The number of amides is 1. The van der Waals surface area contributed by atoms with Crippen LogP contribution in [0.2, 0.25) is 0 Å². The fraction of sp³-hybridized carbons (Fsp3) is 0.263. The monoisotopic (exact) mass is 400 g/mol. The summed E-state index contributed by atoms with van der Waals surface area (Å²) in [6.07, 6.45) is 0.858. The van der Waals surface area contributed by atoms with Gasteiger partial charge in [-0.25, -0.2) is 13.8 Å². The van der Waals surface area contributed by atoms with Gasteiger partial charge in [-0.2, -0.15) is 5.26 Å². The van der Waals surface area contributed by atoms with E-state index in [1.165, 1.54) is 23.5 Å². The number of halogens is 2. The van der Waals surface area contributed by atoms with Crippen LogP contribution in [-0.4, -0.2) is 15.9 Å². The van der Waals surface area contributed by atoms with Gasteiger partial charge in [0, 0.05) is 16.3 Å². The smallest absolute Gasteiger partial charge is 0.252 e. The quantitative estimate of drug-likeness (QED) is 0.703. The minimum Gasteiger partial charge on any atom is -0.346 e. The van der Waals surface area contributed by atoms with Crippen molar-refractivity contribution in [2.24, 2.45) is 0 Å². The van der Waals surface area contributed by atoms with Crippen LogP contribution in [0.25, 0.3) is 10.9 Å². The summed E-state index contributed by atoms with van der Waals surface area (Å²) in [5.74, 6) is -2.47. The molecule has 2 aromatic heterocycles. The highest BCUT2D eigenvalue weighted by Gasteiger charge is 2.53. The predicted molar refractivity (Wildman–Crippen MR) is 98.8 cm³/mol. The molecule has 2 heterocycles. The second kappa shape index (κ2) is 6.49. The van der Waals surface area contributed by atoms with Crippen molar-refractivity contribution >= 4 is 28.1 Å². The van der Waals surface area contributed by atoms with Gasteiger partial charge in [0.05, 0.1) is 17.0 Å². The third kappa shape index (κ3) is 2.86. The molecule has 3 aromatic rings. The molecular formula is C19H14F2N4O2S. The Kier molecular flexibility index (Phi) is 4.23. The lowest BCUT2D eigenvalue weighted by Gasteiger charge is -2.18. The van der Waals surface area contributed by atoms with Gasteiger partial charge in [-0.15, -0.1) is 11.3 Å². The maximum atomic E-state index is 14.2. The average molecular weight is 400 g/mol. The number of hydrogen-bond donors (Lipinski definition) is 2. The first-order valence-corrected chi connectivity index (χ1v) is 9.42. The Hall–Kier alpha value is -3.12. The topological polar surface area (TPSA) is 98.6 Å². The van der Waals surface area contributed by atoms with Crippen LogP contribution in [0.4, 0.5) is 8.78 Å². The van der Waals surface area contributed by atoms with E-state index in [0.717, 1.165) is 6.07 Å². The van der Waals surface area contributed by atoms with Gasteiger partial charge in [0.25, 0.3) is 5.56 Å². The van der Waals surface area contributed by atoms with Crippen molar-refractivity contribution in [1.29, 1.82) is 5.26 Å². The summed E-state index contributed by atoms with van der Waals surface area (Å²) in [6.45, 7) is 1.73. The van der Waals surface area contributed by atoms with E-state index in [9.17, 15) is 18.4 Å². The lowest BCUT2D eigenvalue weighted by molar-refractivity contribution is -0.124. The number of nitrogens with zero attached hydrogens (tertiary/aromatic N) is 2. The minimum atomic E-state index is -1.08. The number of nitriles is 1. The summed E-state index contributed by atoms with van der Waals surface area (Å²) >= 11 is 1.25. The van der Waals surface area contributed by atoms with E-state index in [-0.39, 0.29) is 28.1 Å². The number of fused-ring (bicyclic) bond motifs is 1. The van der Waals surface area contributed by atoms with Crippen LogP contribution in [0.1, 0.15) is 42.1 Å². The SMILES string of the molecule is C[C@@H](NC(=O)C1(c2cc3c(F)c(F)ccc3[nH]c2=O)CC1)c1nc(C#N)cs1. The molecule has 0 bridgehead atoms. The number of benzene rings is 1. The minimum absolute atomic E-state index is 0.0692. The molecule has 1 aromatic carbocycles. The number of hydrogen-bond acceptors (Lipinski definition) is 5. The first-order chi connectivity index (χ1) is 13.4. The largest absolute Gasteiger partial charge is 0.346 e. The fourth-order valence-electron chi connectivity index (χ4n) is 3.25. The molecule has 0 radical (unpaired) electrons. The van der Waals surface area contributed by atoms with Crippen LogP contribution in [0.5, 0.6) is 0 Å².